The topological polar surface area (TPSA) is 54.8 Å². The van der Waals surface area contributed by atoms with Gasteiger partial charge in [0, 0.05) is 43.4 Å². The van der Waals surface area contributed by atoms with Gasteiger partial charge in [0.25, 0.3) is 11.8 Å². The molecule has 1 aromatic carbocycles. The lowest BCUT2D eigenvalue weighted by molar-refractivity contribution is 0.0711. The van der Waals surface area contributed by atoms with Crippen molar-refractivity contribution < 1.29 is 14.3 Å². The normalized spacial score (nSPS) is 14.8. The summed E-state index contributed by atoms with van der Waals surface area (Å²) in [4.78, 5) is 29.5. The maximum Gasteiger partial charge on any atom is 0.270 e. The van der Waals surface area contributed by atoms with Gasteiger partial charge in [-0.05, 0) is 47.5 Å². The number of nitrogens with zero attached hydrogens (tertiary/aromatic N) is 3. The highest BCUT2D eigenvalue weighted by molar-refractivity contribution is 9.10. The van der Waals surface area contributed by atoms with E-state index in [9.17, 15) is 9.59 Å². The molecule has 0 saturated carbocycles. The molecule has 2 heterocycles. The van der Waals surface area contributed by atoms with Crippen LogP contribution in [0.3, 0.4) is 0 Å². The number of aryl methyl sites for hydroxylation is 1. The van der Waals surface area contributed by atoms with Crippen LogP contribution in [0.4, 0.5) is 0 Å². The molecule has 144 valence electrons. The molecule has 1 fully saturated rings. The van der Waals surface area contributed by atoms with Crippen LogP contribution in [0.5, 0.6) is 5.75 Å². The maximum absolute atomic E-state index is 13.0. The first-order valence-electron chi connectivity index (χ1n) is 9.12. The van der Waals surface area contributed by atoms with Crippen molar-refractivity contribution in [2.45, 2.75) is 19.9 Å². The Hall–Kier alpha value is -2.28. The molecule has 1 aliphatic rings. The monoisotopic (exact) mass is 433 g/mol. The number of benzene rings is 1. The third-order valence-electron chi connectivity index (χ3n) is 4.83. The fourth-order valence-corrected chi connectivity index (χ4v) is 3.86. The van der Waals surface area contributed by atoms with Crippen LogP contribution in [-0.4, -0.2) is 59.5 Å². The summed E-state index contributed by atoms with van der Waals surface area (Å²) in [5, 5.41) is 0. The molecule has 0 atom stereocenters. The first-order chi connectivity index (χ1) is 13.0. The van der Waals surface area contributed by atoms with Crippen LogP contribution >= 0.6 is 15.9 Å². The molecular formula is C20H24BrN3O3. The van der Waals surface area contributed by atoms with E-state index in [1.54, 1.807) is 24.1 Å². The second kappa shape index (κ2) is 8.61. The standard InChI is InChI=1S/C20H24BrN3O3/c1-3-22-14-15(21)13-17(22)20(26)24-10-6-9-23(11-12-24)19(25)16-7-4-5-8-18(16)27-2/h4-5,7-8,13-14H,3,6,9-12H2,1-2H3. The Kier molecular flexibility index (Phi) is 6.21. The van der Waals surface area contributed by atoms with Crippen molar-refractivity contribution >= 4 is 27.7 Å². The van der Waals surface area contributed by atoms with Gasteiger partial charge in [-0.2, -0.15) is 0 Å². The minimum Gasteiger partial charge on any atom is -0.496 e. The average Bonchev–Trinajstić information content (AvgIpc) is 2.91. The van der Waals surface area contributed by atoms with Gasteiger partial charge in [0.2, 0.25) is 0 Å². The third-order valence-corrected chi connectivity index (χ3v) is 5.26. The zero-order valence-corrected chi connectivity index (χ0v) is 17.2. The molecule has 0 unspecified atom stereocenters. The van der Waals surface area contributed by atoms with Gasteiger partial charge in [0.15, 0.2) is 0 Å². The Balaban J connectivity index is 1.72. The van der Waals surface area contributed by atoms with Gasteiger partial charge in [-0.3, -0.25) is 9.59 Å². The van der Waals surface area contributed by atoms with Crippen LogP contribution in [0, 0.1) is 0 Å². The smallest absolute Gasteiger partial charge is 0.270 e. The van der Waals surface area contributed by atoms with Gasteiger partial charge in [-0.15, -0.1) is 0 Å². The van der Waals surface area contributed by atoms with Crippen LogP contribution in [-0.2, 0) is 6.54 Å². The van der Waals surface area contributed by atoms with Gasteiger partial charge in [-0.25, -0.2) is 0 Å². The molecule has 0 bridgehead atoms. The predicted octanol–water partition coefficient (Wildman–Crippen LogP) is 3.27. The Labute approximate surface area is 167 Å². The Morgan fingerprint density at radius 1 is 1.07 bits per heavy atom. The largest absolute Gasteiger partial charge is 0.496 e. The number of halogens is 1. The SMILES string of the molecule is CCn1cc(Br)cc1C(=O)N1CCCN(C(=O)c2ccccc2OC)CC1. The summed E-state index contributed by atoms with van der Waals surface area (Å²) in [6.45, 7) is 5.04. The van der Waals surface area contributed by atoms with E-state index in [0.717, 1.165) is 17.4 Å². The minimum absolute atomic E-state index is 0.00846. The van der Waals surface area contributed by atoms with E-state index in [0.29, 0.717) is 43.2 Å². The molecule has 7 heteroatoms. The van der Waals surface area contributed by atoms with E-state index in [-0.39, 0.29) is 11.8 Å². The highest BCUT2D eigenvalue weighted by Crippen LogP contribution is 2.21. The minimum atomic E-state index is -0.0542. The summed E-state index contributed by atoms with van der Waals surface area (Å²) in [5.74, 6) is 0.529. The van der Waals surface area contributed by atoms with Crippen LogP contribution in [0.25, 0.3) is 0 Å². The number of carbonyl (C=O) groups is 2. The van der Waals surface area contributed by atoms with E-state index >= 15 is 0 Å². The summed E-state index contributed by atoms with van der Waals surface area (Å²) in [7, 11) is 1.57. The van der Waals surface area contributed by atoms with E-state index in [1.165, 1.54) is 0 Å². The number of aromatic nitrogens is 1. The molecule has 27 heavy (non-hydrogen) atoms. The molecule has 0 spiro atoms. The number of carbonyl (C=O) groups excluding carboxylic acids is 2. The van der Waals surface area contributed by atoms with Crippen LogP contribution in [0.15, 0.2) is 41.0 Å². The number of para-hydroxylation sites is 1. The average molecular weight is 434 g/mol. The van der Waals surface area contributed by atoms with Gasteiger partial charge in [0.1, 0.15) is 11.4 Å². The molecule has 0 aliphatic carbocycles. The number of ether oxygens (including phenoxy) is 1. The maximum atomic E-state index is 13.0. The van der Waals surface area contributed by atoms with Crippen molar-refractivity contribution in [3.05, 3.63) is 52.3 Å². The Morgan fingerprint density at radius 3 is 2.41 bits per heavy atom. The molecular weight excluding hydrogens is 410 g/mol. The Morgan fingerprint density at radius 2 is 1.74 bits per heavy atom. The van der Waals surface area contributed by atoms with Gasteiger partial charge in [-0.1, -0.05) is 12.1 Å². The highest BCUT2D eigenvalue weighted by Gasteiger charge is 2.26. The lowest BCUT2D eigenvalue weighted by Crippen LogP contribution is -2.38. The van der Waals surface area contributed by atoms with E-state index in [2.05, 4.69) is 15.9 Å². The molecule has 1 aliphatic heterocycles. The first kappa shape index (κ1) is 19.5. The molecule has 3 rings (SSSR count). The fraction of sp³-hybridized carbons (Fsp3) is 0.400. The Bertz CT molecular complexity index is 834. The van der Waals surface area contributed by atoms with Crippen molar-refractivity contribution in [3.8, 4) is 5.75 Å². The van der Waals surface area contributed by atoms with E-state index in [4.69, 9.17) is 4.74 Å². The van der Waals surface area contributed by atoms with Gasteiger partial charge >= 0.3 is 0 Å². The summed E-state index contributed by atoms with van der Waals surface area (Å²) in [6.07, 6.45) is 2.67. The van der Waals surface area contributed by atoms with Crippen LogP contribution < -0.4 is 4.74 Å². The molecule has 2 aromatic rings. The number of methoxy groups -OCH3 is 1. The van der Waals surface area contributed by atoms with Gasteiger partial charge in [0.05, 0.1) is 12.7 Å². The fourth-order valence-electron chi connectivity index (χ4n) is 3.39. The molecule has 0 radical (unpaired) electrons. The van der Waals surface area contributed by atoms with Crippen molar-refractivity contribution in [2.75, 3.05) is 33.3 Å². The van der Waals surface area contributed by atoms with Crippen LogP contribution in [0.2, 0.25) is 0 Å². The summed E-state index contributed by atoms with van der Waals surface area (Å²) in [5.41, 5.74) is 1.23. The van der Waals surface area contributed by atoms with Crippen molar-refractivity contribution in [3.63, 3.8) is 0 Å². The zero-order chi connectivity index (χ0) is 19.4. The predicted molar refractivity (Wildman–Crippen MR) is 107 cm³/mol. The van der Waals surface area contributed by atoms with Gasteiger partial charge < -0.3 is 19.1 Å². The number of hydrogen-bond acceptors (Lipinski definition) is 3. The van der Waals surface area contributed by atoms with Crippen molar-refractivity contribution in [1.82, 2.24) is 14.4 Å². The van der Waals surface area contributed by atoms with Crippen molar-refractivity contribution in [2.24, 2.45) is 0 Å². The number of amides is 2. The molecule has 0 N–H and O–H groups in total. The zero-order valence-electron chi connectivity index (χ0n) is 15.7. The summed E-state index contributed by atoms with van der Waals surface area (Å²) in [6, 6.07) is 9.10. The van der Waals surface area contributed by atoms with Crippen LogP contribution in [0.1, 0.15) is 34.2 Å². The quantitative estimate of drug-likeness (QED) is 0.743. The molecule has 1 aromatic heterocycles. The highest BCUT2D eigenvalue weighted by atomic mass is 79.9. The lowest BCUT2D eigenvalue weighted by Gasteiger charge is -2.23. The second-order valence-corrected chi connectivity index (χ2v) is 7.38. The summed E-state index contributed by atoms with van der Waals surface area (Å²) < 4.78 is 8.15. The first-order valence-corrected chi connectivity index (χ1v) is 9.91. The van der Waals surface area contributed by atoms with E-state index in [1.807, 2.05) is 40.8 Å². The van der Waals surface area contributed by atoms with Crippen molar-refractivity contribution in [1.29, 1.82) is 0 Å². The molecule has 1 saturated heterocycles. The number of rotatable bonds is 4. The third kappa shape index (κ3) is 4.18. The van der Waals surface area contributed by atoms with E-state index < -0.39 is 0 Å². The molecule has 2 amide bonds. The lowest BCUT2D eigenvalue weighted by atomic mass is 10.1. The number of hydrogen-bond donors (Lipinski definition) is 0. The molecule has 6 nitrogen and oxygen atoms in total. The second-order valence-electron chi connectivity index (χ2n) is 6.47. The summed E-state index contributed by atoms with van der Waals surface area (Å²) >= 11 is 3.44.